The molecule has 1 aliphatic heterocycles. The molecule has 0 saturated carbocycles. The van der Waals surface area contributed by atoms with E-state index in [1.807, 2.05) is 0 Å². The summed E-state index contributed by atoms with van der Waals surface area (Å²) in [6.07, 6.45) is 0.160. The van der Waals surface area contributed by atoms with E-state index in [-0.39, 0.29) is 24.8 Å². The standard InChI is InChI=1S/C17H18ClN3O4/c1-10-5-12(20-25-10)8-19-17(23)11-6-16(22)21(9-11)13-3-4-15(24-2)14(18)7-13/h3-5,7,11H,6,8-9H2,1-2H3,(H,19,23). The molecule has 1 atom stereocenters. The van der Waals surface area contributed by atoms with E-state index < -0.39 is 5.92 Å². The molecule has 7 nitrogen and oxygen atoms in total. The number of nitrogens with zero attached hydrogens (tertiary/aromatic N) is 2. The number of hydrogen-bond acceptors (Lipinski definition) is 5. The number of benzene rings is 1. The van der Waals surface area contributed by atoms with Crippen LogP contribution >= 0.6 is 11.6 Å². The normalized spacial score (nSPS) is 17.0. The van der Waals surface area contributed by atoms with Gasteiger partial charge in [0.15, 0.2) is 0 Å². The van der Waals surface area contributed by atoms with Crippen LogP contribution in [0.1, 0.15) is 17.9 Å². The molecule has 2 aromatic rings. The highest BCUT2D eigenvalue weighted by atomic mass is 35.5. The molecule has 1 N–H and O–H groups in total. The van der Waals surface area contributed by atoms with Gasteiger partial charge in [-0.25, -0.2) is 0 Å². The first-order chi connectivity index (χ1) is 12.0. The maximum Gasteiger partial charge on any atom is 0.227 e. The van der Waals surface area contributed by atoms with Crippen LogP contribution in [0.3, 0.4) is 0 Å². The van der Waals surface area contributed by atoms with Gasteiger partial charge in [-0.05, 0) is 25.1 Å². The number of carbonyl (C=O) groups is 2. The molecule has 1 aromatic heterocycles. The Balaban J connectivity index is 1.63. The molecule has 0 bridgehead atoms. The summed E-state index contributed by atoms with van der Waals surface area (Å²) in [6, 6.07) is 6.87. The summed E-state index contributed by atoms with van der Waals surface area (Å²) in [5.41, 5.74) is 1.30. The van der Waals surface area contributed by atoms with Crippen LogP contribution in [0.4, 0.5) is 5.69 Å². The van der Waals surface area contributed by atoms with Crippen molar-refractivity contribution in [2.45, 2.75) is 19.9 Å². The molecular weight excluding hydrogens is 346 g/mol. The Hall–Kier alpha value is -2.54. The number of carbonyl (C=O) groups excluding carboxylic acids is 2. The lowest BCUT2D eigenvalue weighted by Crippen LogP contribution is -2.32. The van der Waals surface area contributed by atoms with Crippen LogP contribution in [0.15, 0.2) is 28.8 Å². The van der Waals surface area contributed by atoms with Crippen molar-refractivity contribution in [3.05, 3.63) is 40.7 Å². The number of halogens is 1. The van der Waals surface area contributed by atoms with Crippen LogP contribution in [0.5, 0.6) is 5.75 Å². The zero-order valence-electron chi connectivity index (χ0n) is 13.9. The predicted molar refractivity (Wildman–Crippen MR) is 91.6 cm³/mol. The topological polar surface area (TPSA) is 84.7 Å². The fourth-order valence-electron chi connectivity index (χ4n) is 2.78. The molecule has 1 aromatic carbocycles. The lowest BCUT2D eigenvalue weighted by Gasteiger charge is -2.17. The number of nitrogens with one attached hydrogen (secondary N) is 1. The summed E-state index contributed by atoms with van der Waals surface area (Å²) in [5.74, 6) is 0.508. The van der Waals surface area contributed by atoms with Crippen LogP contribution < -0.4 is 15.0 Å². The molecule has 132 valence electrons. The van der Waals surface area contributed by atoms with Crippen molar-refractivity contribution in [2.24, 2.45) is 5.92 Å². The van der Waals surface area contributed by atoms with E-state index in [9.17, 15) is 9.59 Å². The van der Waals surface area contributed by atoms with E-state index in [0.717, 1.165) is 0 Å². The SMILES string of the molecule is COc1ccc(N2CC(C(=O)NCc3cc(C)on3)CC2=O)cc1Cl. The highest BCUT2D eigenvalue weighted by Gasteiger charge is 2.35. The number of amides is 2. The third kappa shape index (κ3) is 3.76. The fraction of sp³-hybridized carbons (Fsp3) is 0.353. The van der Waals surface area contributed by atoms with E-state index in [1.54, 1.807) is 36.1 Å². The molecule has 0 radical (unpaired) electrons. The Kier molecular flexibility index (Phi) is 4.94. The molecule has 0 spiro atoms. The van der Waals surface area contributed by atoms with Crippen molar-refractivity contribution in [3.8, 4) is 5.75 Å². The molecule has 8 heteroatoms. The second-order valence-electron chi connectivity index (χ2n) is 5.87. The fourth-order valence-corrected chi connectivity index (χ4v) is 3.03. The highest BCUT2D eigenvalue weighted by molar-refractivity contribution is 6.32. The molecule has 0 aliphatic carbocycles. The predicted octanol–water partition coefficient (Wildman–Crippen LogP) is 2.31. The van der Waals surface area contributed by atoms with E-state index in [2.05, 4.69) is 10.5 Å². The maximum absolute atomic E-state index is 12.3. The molecular formula is C17H18ClN3O4. The first-order valence-corrected chi connectivity index (χ1v) is 8.19. The summed E-state index contributed by atoms with van der Waals surface area (Å²) in [4.78, 5) is 26.2. The van der Waals surface area contributed by atoms with Crippen LogP contribution in [0, 0.1) is 12.8 Å². The number of anilines is 1. The summed E-state index contributed by atoms with van der Waals surface area (Å²) < 4.78 is 10.1. The monoisotopic (exact) mass is 363 g/mol. The Morgan fingerprint density at radius 1 is 1.48 bits per heavy atom. The number of aromatic nitrogens is 1. The zero-order valence-corrected chi connectivity index (χ0v) is 14.7. The largest absolute Gasteiger partial charge is 0.495 e. The minimum atomic E-state index is -0.415. The molecule has 2 heterocycles. The van der Waals surface area contributed by atoms with Crippen LogP contribution in [-0.4, -0.2) is 30.6 Å². The number of aryl methyl sites for hydroxylation is 1. The van der Waals surface area contributed by atoms with Crippen molar-refractivity contribution in [1.29, 1.82) is 0 Å². The van der Waals surface area contributed by atoms with Crippen molar-refractivity contribution >= 4 is 29.1 Å². The smallest absolute Gasteiger partial charge is 0.227 e. The van der Waals surface area contributed by atoms with Gasteiger partial charge in [-0.1, -0.05) is 16.8 Å². The minimum Gasteiger partial charge on any atom is -0.495 e. The van der Waals surface area contributed by atoms with Gasteiger partial charge >= 0.3 is 0 Å². The first-order valence-electron chi connectivity index (χ1n) is 7.81. The minimum absolute atomic E-state index is 0.112. The van der Waals surface area contributed by atoms with Gasteiger partial charge in [0.25, 0.3) is 0 Å². The second-order valence-corrected chi connectivity index (χ2v) is 6.28. The number of methoxy groups -OCH3 is 1. The summed E-state index contributed by atoms with van der Waals surface area (Å²) in [5, 5.41) is 7.03. The maximum atomic E-state index is 12.3. The number of hydrogen-bond donors (Lipinski definition) is 1. The molecule has 3 rings (SSSR count). The highest BCUT2D eigenvalue weighted by Crippen LogP contribution is 2.32. The Bertz CT molecular complexity index is 805. The van der Waals surface area contributed by atoms with Crippen molar-refractivity contribution < 1.29 is 18.8 Å². The lowest BCUT2D eigenvalue weighted by atomic mass is 10.1. The first kappa shape index (κ1) is 17.3. The van der Waals surface area contributed by atoms with Crippen LogP contribution in [0.25, 0.3) is 0 Å². The summed E-state index contributed by atoms with van der Waals surface area (Å²) in [7, 11) is 1.53. The molecule has 1 fully saturated rings. The molecule has 2 amide bonds. The zero-order chi connectivity index (χ0) is 18.0. The lowest BCUT2D eigenvalue weighted by molar-refractivity contribution is -0.126. The summed E-state index contributed by atoms with van der Waals surface area (Å²) in [6.45, 7) is 2.37. The molecule has 1 unspecified atom stereocenters. The third-order valence-electron chi connectivity index (χ3n) is 4.06. The Labute approximate surface area is 149 Å². The van der Waals surface area contributed by atoms with Gasteiger partial charge in [0.1, 0.15) is 17.2 Å². The van der Waals surface area contributed by atoms with E-state index in [4.69, 9.17) is 20.9 Å². The third-order valence-corrected chi connectivity index (χ3v) is 4.36. The second kappa shape index (κ2) is 7.14. The van der Waals surface area contributed by atoms with Gasteiger partial charge in [0.05, 0.1) is 24.6 Å². The average molecular weight is 364 g/mol. The van der Waals surface area contributed by atoms with Crippen molar-refractivity contribution in [3.63, 3.8) is 0 Å². The molecule has 1 aliphatic rings. The van der Waals surface area contributed by atoms with Crippen LogP contribution in [0.2, 0.25) is 5.02 Å². The van der Waals surface area contributed by atoms with Gasteiger partial charge in [-0.3, -0.25) is 9.59 Å². The Morgan fingerprint density at radius 2 is 2.28 bits per heavy atom. The number of rotatable bonds is 5. The Morgan fingerprint density at radius 3 is 2.92 bits per heavy atom. The van der Waals surface area contributed by atoms with E-state index in [1.165, 1.54) is 7.11 Å². The van der Waals surface area contributed by atoms with Crippen LogP contribution in [-0.2, 0) is 16.1 Å². The van der Waals surface area contributed by atoms with Gasteiger partial charge in [-0.15, -0.1) is 0 Å². The molecule has 1 saturated heterocycles. The van der Waals surface area contributed by atoms with Gasteiger partial charge in [-0.2, -0.15) is 0 Å². The van der Waals surface area contributed by atoms with E-state index in [0.29, 0.717) is 34.5 Å². The number of ether oxygens (including phenoxy) is 1. The van der Waals surface area contributed by atoms with Gasteiger partial charge in [0, 0.05) is 24.7 Å². The van der Waals surface area contributed by atoms with Crippen molar-refractivity contribution in [2.75, 3.05) is 18.6 Å². The quantitative estimate of drug-likeness (QED) is 0.881. The van der Waals surface area contributed by atoms with Gasteiger partial charge in [0.2, 0.25) is 11.8 Å². The average Bonchev–Trinajstić information content (AvgIpc) is 3.18. The van der Waals surface area contributed by atoms with E-state index >= 15 is 0 Å². The summed E-state index contributed by atoms with van der Waals surface area (Å²) >= 11 is 6.12. The van der Waals surface area contributed by atoms with Crippen molar-refractivity contribution in [1.82, 2.24) is 10.5 Å². The van der Waals surface area contributed by atoms with Gasteiger partial charge < -0.3 is 19.5 Å². The molecule has 25 heavy (non-hydrogen) atoms.